The van der Waals surface area contributed by atoms with Crippen molar-refractivity contribution in [2.75, 3.05) is 26.2 Å². The quantitative estimate of drug-likeness (QED) is 0.623. The Labute approximate surface area is 132 Å². The third kappa shape index (κ3) is 5.49. The molecule has 0 amide bonds. The maximum Gasteiger partial charge on any atom is 0.401 e. The number of likely N-dealkylation sites (tertiary alicyclic amines) is 1. The maximum absolute atomic E-state index is 13.4. The summed E-state index contributed by atoms with van der Waals surface area (Å²) in [5, 5.41) is 0. The van der Waals surface area contributed by atoms with Gasteiger partial charge in [0, 0.05) is 0 Å². The van der Waals surface area contributed by atoms with Crippen LogP contribution in [0.5, 0.6) is 0 Å². The molecule has 1 saturated heterocycles. The van der Waals surface area contributed by atoms with Crippen molar-refractivity contribution in [1.29, 1.82) is 0 Å². The highest BCUT2D eigenvalue weighted by molar-refractivity contribution is 5.89. The summed E-state index contributed by atoms with van der Waals surface area (Å²) in [6.45, 7) is 1.51. The first-order chi connectivity index (χ1) is 10.7. The van der Waals surface area contributed by atoms with Gasteiger partial charge < -0.3 is 4.74 Å². The van der Waals surface area contributed by atoms with Gasteiger partial charge in [-0.2, -0.15) is 13.2 Å². The molecule has 1 aromatic carbocycles. The molecule has 23 heavy (non-hydrogen) atoms. The van der Waals surface area contributed by atoms with Gasteiger partial charge in [-0.05, 0) is 56.5 Å². The van der Waals surface area contributed by atoms with E-state index in [-0.39, 0.29) is 18.1 Å². The zero-order chi connectivity index (χ0) is 17.0. The van der Waals surface area contributed by atoms with E-state index in [2.05, 4.69) is 0 Å². The topological polar surface area (TPSA) is 29.5 Å². The molecule has 1 heterocycles. The van der Waals surface area contributed by atoms with E-state index < -0.39 is 24.5 Å². The van der Waals surface area contributed by atoms with Gasteiger partial charge in [-0.25, -0.2) is 9.18 Å². The van der Waals surface area contributed by atoms with Crippen LogP contribution in [0.25, 0.3) is 0 Å². The molecule has 0 saturated carbocycles. The molecule has 0 N–H and O–H groups in total. The normalized spacial score (nSPS) is 17.3. The van der Waals surface area contributed by atoms with Crippen LogP contribution in [0.2, 0.25) is 0 Å². The second-order valence-corrected chi connectivity index (χ2v) is 5.90. The average molecular weight is 333 g/mol. The second kappa shape index (κ2) is 7.29. The number of halogens is 4. The molecule has 1 aliphatic heterocycles. The highest BCUT2D eigenvalue weighted by atomic mass is 19.4. The molecular formula is C16H19F4NO2. The Balaban J connectivity index is 1.76. The van der Waals surface area contributed by atoms with Crippen molar-refractivity contribution in [3.8, 4) is 0 Å². The smallest absolute Gasteiger partial charge is 0.401 e. The van der Waals surface area contributed by atoms with Crippen LogP contribution in [0.3, 0.4) is 0 Å². The number of hydrogen-bond acceptors (Lipinski definition) is 3. The van der Waals surface area contributed by atoms with Crippen LogP contribution < -0.4 is 0 Å². The van der Waals surface area contributed by atoms with E-state index in [1.807, 2.05) is 0 Å². The predicted octanol–water partition coefficient (Wildman–Crippen LogP) is 3.57. The van der Waals surface area contributed by atoms with E-state index in [1.165, 1.54) is 17.0 Å². The van der Waals surface area contributed by atoms with Crippen molar-refractivity contribution < 1.29 is 27.1 Å². The fourth-order valence-corrected chi connectivity index (χ4v) is 2.56. The summed E-state index contributed by atoms with van der Waals surface area (Å²) in [6.07, 6.45) is -3.09. The SMILES string of the molecule is Cc1ccc(C(=O)OCC2CCN(CC(F)(F)F)CC2)cc1F. The summed E-state index contributed by atoms with van der Waals surface area (Å²) in [7, 11) is 0. The number of hydrogen-bond donors (Lipinski definition) is 0. The highest BCUT2D eigenvalue weighted by Crippen LogP contribution is 2.23. The molecule has 128 valence electrons. The minimum Gasteiger partial charge on any atom is -0.462 e. The van der Waals surface area contributed by atoms with E-state index in [0.717, 1.165) is 6.07 Å². The van der Waals surface area contributed by atoms with E-state index in [4.69, 9.17) is 4.74 Å². The monoisotopic (exact) mass is 333 g/mol. The molecule has 2 rings (SSSR count). The van der Waals surface area contributed by atoms with Crippen molar-refractivity contribution in [2.45, 2.75) is 25.9 Å². The number of piperidine rings is 1. The Morgan fingerprint density at radius 3 is 2.52 bits per heavy atom. The largest absolute Gasteiger partial charge is 0.462 e. The Hall–Kier alpha value is -1.63. The van der Waals surface area contributed by atoms with E-state index in [1.54, 1.807) is 6.92 Å². The average Bonchev–Trinajstić information content (AvgIpc) is 2.47. The van der Waals surface area contributed by atoms with Crippen molar-refractivity contribution in [2.24, 2.45) is 5.92 Å². The molecule has 0 radical (unpaired) electrons. The molecular weight excluding hydrogens is 314 g/mol. The summed E-state index contributed by atoms with van der Waals surface area (Å²) >= 11 is 0. The fourth-order valence-electron chi connectivity index (χ4n) is 2.56. The van der Waals surface area contributed by atoms with Crippen molar-refractivity contribution in [3.05, 3.63) is 35.1 Å². The van der Waals surface area contributed by atoms with Crippen molar-refractivity contribution in [1.82, 2.24) is 4.90 Å². The van der Waals surface area contributed by atoms with Gasteiger partial charge in [0.1, 0.15) is 5.82 Å². The van der Waals surface area contributed by atoms with Gasteiger partial charge in [-0.15, -0.1) is 0 Å². The number of ether oxygens (including phenoxy) is 1. The predicted molar refractivity (Wildman–Crippen MR) is 76.6 cm³/mol. The third-order valence-electron chi connectivity index (χ3n) is 3.97. The number of rotatable bonds is 4. The van der Waals surface area contributed by atoms with E-state index in [9.17, 15) is 22.4 Å². The molecule has 7 heteroatoms. The molecule has 0 unspecified atom stereocenters. The van der Waals surface area contributed by atoms with Gasteiger partial charge in [-0.3, -0.25) is 4.90 Å². The number of aryl methyl sites for hydroxylation is 1. The summed E-state index contributed by atoms with van der Waals surface area (Å²) in [6, 6.07) is 4.12. The van der Waals surface area contributed by atoms with Gasteiger partial charge in [-0.1, -0.05) is 6.07 Å². The van der Waals surface area contributed by atoms with Gasteiger partial charge in [0.25, 0.3) is 0 Å². The molecule has 1 aromatic rings. The summed E-state index contributed by atoms with van der Waals surface area (Å²) in [5.74, 6) is -1.04. The molecule has 0 bridgehead atoms. The van der Waals surface area contributed by atoms with Crippen molar-refractivity contribution >= 4 is 5.97 Å². The lowest BCUT2D eigenvalue weighted by Crippen LogP contribution is -2.40. The number of benzene rings is 1. The Kier molecular flexibility index (Phi) is 5.62. The Morgan fingerprint density at radius 2 is 1.96 bits per heavy atom. The standard InChI is InChI=1S/C16H19F4NO2/c1-11-2-3-13(8-14(11)17)15(22)23-9-12-4-6-21(7-5-12)10-16(18,19)20/h2-3,8,12H,4-7,9-10H2,1H3. The van der Waals surface area contributed by atoms with Crippen LogP contribution in [0.4, 0.5) is 17.6 Å². The molecule has 0 spiro atoms. The number of carbonyl (C=O) groups is 1. The second-order valence-electron chi connectivity index (χ2n) is 5.90. The van der Waals surface area contributed by atoms with Crippen LogP contribution in [0.1, 0.15) is 28.8 Å². The lowest BCUT2D eigenvalue weighted by Gasteiger charge is -2.31. The van der Waals surface area contributed by atoms with E-state index >= 15 is 0 Å². The first kappa shape index (κ1) is 17.7. The zero-order valence-electron chi connectivity index (χ0n) is 12.8. The number of carbonyl (C=O) groups excluding carboxylic acids is 1. The zero-order valence-corrected chi connectivity index (χ0v) is 12.8. The number of alkyl halides is 3. The van der Waals surface area contributed by atoms with Crippen LogP contribution in [0.15, 0.2) is 18.2 Å². The number of nitrogens with zero attached hydrogens (tertiary/aromatic N) is 1. The Bertz CT molecular complexity index is 552. The summed E-state index contributed by atoms with van der Waals surface area (Å²) in [5.41, 5.74) is 0.584. The molecule has 1 aliphatic rings. The minimum atomic E-state index is -4.19. The lowest BCUT2D eigenvalue weighted by atomic mass is 9.98. The van der Waals surface area contributed by atoms with Gasteiger partial charge >= 0.3 is 12.1 Å². The first-order valence-corrected chi connectivity index (χ1v) is 7.47. The number of esters is 1. The van der Waals surface area contributed by atoms with Crippen LogP contribution >= 0.6 is 0 Å². The minimum absolute atomic E-state index is 0.0405. The first-order valence-electron chi connectivity index (χ1n) is 7.47. The molecule has 0 aliphatic carbocycles. The Morgan fingerprint density at radius 1 is 1.30 bits per heavy atom. The van der Waals surface area contributed by atoms with Gasteiger partial charge in [0.05, 0.1) is 18.7 Å². The maximum atomic E-state index is 13.4. The van der Waals surface area contributed by atoms with E-state index in [0.29, 0.717) is 31.5 Å². The lowest BCUT2D eigenvalue weighted by molar-refractivity contribution is -0.148. The highest BCUT2D eigenvalue weighted by Gasteiger charge is 2.32. The third-order valence-corrected chi connectivity index (χ3v) is 3.97. The van der Waals surface area contributed by atoms with Crippen LogP contribution in [0, 0.1) is 18.7 Å². The van der Waals surface area contributed by atoms with Gasteiger partial charge in [0.15, 0.2) is 0 Å². The van der Waals surface area contributed by atoms with Gasteiger partial charge in [0.2, 0.25) is 0 Å². The van der Waals surface area contributed by atoms with Crippen molar-refractivity contribution in [3.63, 3.8) is 0 Å². The summed E-state index contributed by atoms with van der Waals surface area (Å²) in [4.78, 5) is 13.2. The van der Waals surface area contributed by atoms with Crippen LogP contribution in [-0.4, -0.2) is 43.3 Å². The summed E-state index contributed by atoms with van der Waals surface area (Å²) < 4.78 is 55.5. The molecule has 0 atom stereocenters. The molecule has 3 nitrogen and oxygen atoms in total. The molecule has 0 aromatic heterocycles. The van der Waals surface area contributed by atoms with Crippen LogP contribution in [-0.2, 0) is 4.74 Å². The molecule has 1 fully saturated rings. The fraction of sp³-hybridized carbons (Fsp3) is 0.562.